The maximum Gasteiger partial charge on any atom is 0.281 e. The molecule has 1 heterocycles. The Morgan fingerprint density at radius 1 is 0.933 bits per heavy atom. The first-order valence-electron chi connectivity index (χ1n) is 9.45. The minimum absolute atomic E-state index is 0.153. The Bertz CT molecular complexity index is 1280. The van der Waals surface area contributed by atoms with Crippen LogP contribution in [-0.4, -0.2) is 14.7 Å². The van der Waals surface area contributed by atoms with Gasteiger partial charge in [0.1, 0.15) is 11.6 Å². The number of nitrogens with zero attached hydrogens (tertiary/aromatic N) is 2. The van der Waals surface area contributed by atoms with Gasteiger partial charge < -0.3 is 5.11 Å². The van der Waals surface area contributed by atoms with Crippen molar-refractivity contribution >= 4 is 28.1 Å². The molecule has 0 amide bonds. The monoisotopic (exact) mass is 458 g/mol. The largest absolute Gasteiger partial charge is 0.507 e. The van der Waals surface area contributed by atoms with Crippen molar-refractivity contribution in [3.05, 3.63) is 111 Å². The Labute approximate surface area is 182 Å². The molecule has 0 saturated carbocycles. The van der Waals surface area contributed by atoms with Crippen LogP contribution in [0, 0.1) is 6.92 Å². The predicted molar refractivity (Wildman–Crippen MR) is 125 cm³/mol. The molecule has 30 heavy (non-hydrogen) atoms. The summed E-state index contributed by atoms with van der Waals surface area (Å²) in [5.74, 6) is 0.642. The third-order valence-corrected chi connectivity index (χ3v) is 5.33. The maximum atomic E-state index is 13.0. The van der Waals surface area contributed by atoms with Crippen LogP contribution in [0.25, 0.3) is 29.0 Å². The third-order valence-electron chi connectivity index (χ3n) is 4.83. The summed E-state index contributed by atoms with van der Waals surface area (Å²) < 4.78 is 2.80. The summed E-state index contributed by atoms with van der Waals surface area (Å²) >= 11 is 3.42. The SMILES string of the molecule is Cc1c(-c2ccccc2)c(=O)nc(/C=C/c2cc(Br)ccc2O)n1-c1ccccc1. The lowest BCUT2D eigenvalue weighted by atomic mass is 10.1. The topological polar surface area (TPSA) is 55.1 Å². The summed E-state index contributed by atoms with van der Waals surface area (Å²) in [5.41, 5.74) is 3.44. The smallest absolute Gasteiger partial charge is 0.281 e. The van der Waals surface area contributed by atoms with Gasteiger partial charge in [0.2, 0.25) is 0 Å². The third kappa shape index (κ3) is 3.98. The first-order chi connectivity index (χ1) is 14.5. The molecular weight excluding hydrogens is 440 g/mol. The molecular formula is C25H19BrN2O2. The molecule has 0 aliphatic rings. The van der Waals surface area contributed by atoms with Gasteiger partial charge in [0.05, 0.1) is 5.56 Å². The van der Waals surface area contributed by atoms with Gasteiger partial charge in [-0.15, -0.1) is 0 Å². The fourth-order valence-electron chi connectivity index (χ4n) is 3.42. The summed E-state index contributed by atoms with van der Waals surface area (Å²) in [7, 11) is 0. The van der Waals surface area contributed by atoms with Gasteiger partial charge in [0.25, 0.3) is 5.56 Å². The number of benzene rings is 3. The van der Waals surface area contributed by atoms with Gasteiger partial charge in [-0.3, -0.25) is 9.36 Å². The molecule has 0 fully saturated rings. The summed E-state index contributed by atoms with van der Waals surface area (Å²) in [6, 6.07) is 24.5. The Morgan fingerprint density at radius 2 is 1.60 bits per heavy atom. The van der Waals surface area contributed by atoms with E-state index in [2.05, 4.69) is 20.9 Å². The van der Waals surface area contributed by atoms with Crippen LogP contribution in [0.3, 0.4) is 0 Å². The van der Waals surface area contributed by atoms with Crippen molar-refractivity contribution in [2.24, 2.45) is 0 Å². The molecule has 3 aromatic carbocycles. The lowest BCUT2D eigenvalue weighted by Crippen LogP contribution is -2.20. The van der Waals surface area contributed by atoms with Crippen LogP contribution in [0.4, 0.5) is 0 Å². The second-order valence-electron chi connectivity index (χ2n) is 6.81. The van der Waals surface area contributed by atoms with Crippen molar-refractivity contribution in [1.82, 2.24) is 9.55 Å². The Hall–Kier alpha value is -3.44. The fraction of sp³-hybridized carbons (Fsp3) is 0.0400. The number of aromatic hydroxyl groups is 1. The number of rotatable bonds is 4. The highest BCUT2D eigenvalue weighted by Crippen LogP contribution is 2.26. The van der Waals surface area contributed by atoms with E-state index < -0.39 is 0 Å². The predicted octanol–water partition coefficient (Wildman–Crippen LogP) is 5.85. The van der Waals surface area contributed by atoms with Gasteiger partial charge in [-0.05, 0) is 55.0 Å². The zero-order valence-corrected chi connectivity index (χ0v) is 17.9. The van der Waals surface area contributed by atoms with Crippen LogP contribution < -0.4 is 5.56 Å². The number of phenols is 1. The number of hydrogen-bond acceptors (Lipinski definition) is 3. The molecule has 4 aromatic rings. The molecule has 0 unspecified atom stereocenters. The summed E-state index contributed by atoms with van der Waals surface area (Å²) in [4.78, 5) is 17.3. The van der Waals surface area contributed by atoms with Crippen LogP contribution in [0.15, 0.2) is 88.1 Å². The van der Waals surface area contributed by atoms with E-state index in [1.165, 1.54) is 0 Å². The van der Waals surface area contributed by atoms with E-state index in [1.807, 2.05) is 78.2 Å². The number of halogens is 1. The molecule has 1 aromatic heterocycles. The quantitative estimate of drug-likeness (QED) is 0.417. The van der Waals surface area contributed by atoms with Crippen molar-refractivity contribution in [1.29, 1.82) is 0 Å². The molecule has 0 aliphatic heterocycles. The van der Waals surface area contributed by atoms with Crippen LogP contribution in [-0.2, 0) is 0 Å². The highest BCUT2D eigenvalue weighted by Gasteiger charge is 2.15. The van der Waals surface area contributed by atoms with E-state index in [4.69, 9.17) is 0 Å². The molecule has 0 aliphatic carbocycles. The van der Waals surface area contributed by atoms with Crippen molar-refractivity contribution in [3.63, 3.8) is 0 Å². The first-order valence-corrected chi connectivity index (χ1v) is 10.2. The summed E-state index contributed by atoms with van der Waals surface area (Å²) in [6.07, 6.45) is 3.50. The van der Waals surface area contributed by atoms with Crippen molar-refractivity contribution in [2.45, 2.75) is 6.92 Å². The molecule has 5 heteroatoms. The van der Waals surface area contributed by atoms with Gasteiger partial charge >= 0.3 is 0 Å². The number of phenolic OH excluding ortho intramolecular Hbond substituents is 1. The van der Waals surface area contributed by atoms with Crippen LogP contribution in [0.1, 0.15) is 17.1 Å². The highest BCUT2D eigenvalue weighted by molar-refractivity contribution is 9.10. The fourth-order valence-corrected chi connectivity index (χ4v) is 3.80. The van der Waals surface area contributed by atoms with Gasteiger partial charge in [0, 0.05) is 21.4 Å². The van der Waals surface area contributed by atoms with Crippen molar-refractivity contribution < 1.29 is 5.11 Å². The average molecular weight is 459 g/mol. The molecule has 0 radical (unpaired) electrons. The zero-order chi connectivity index (χ0) is 21.1. The zero-order valence-electron chi connectivity index (χ0n) is 16.3. The minimum Gasteiger partial charge on any atom is -0.507 e. The molecule has 4 rings (SSSR count). The molecule has 1 N–H and O–H groups in total. The maximum absolute atomic E-state index is 13.0. The molecule has 148 valence electrons. The summed E-state index contributed by atoms with van der Waals surface area (Å²) in [6.45, 7) is 1.92. The van der Waals surface area contributed by atoms with E-state index in [1.54, 1.807) is 24.3 Å². The van der Waals surface area contributed by atoms with Gasteiger partial charge in [-0.1, -0.05) is 64.5 Å². The molecule has 4 nitrogen and oxygen atoms in total. The van der Waals surface area contributed by atoms with Crippen molar-refractivity contribution in [2.75, 3.05) is 0 Å². The Kier molecular flexibility index (Phi) is 5.63. The lowest BCUT2D eigenvalue weighted by molar-refractivity contribution is 0.474. The Balaban J connectivity index is 1.94. The highest BCUT2D eigenvalue weighted by atomic mass is 79.9. The summed E-state index contributed by atoms with van der Waals surface area (Å²) in [5, 5.41) is 10.1. The second-order valence-corrected chi connectivity index (χ2v) is 7.72. The minimum atomic E-state index is -0.288. The van der Waals surface area contributed by atoms with Crippen molar-refractivity contribution in [3.8, 4) is 22.6 Å². The van der Waals surface area contributed by atoms with Crippen LogP contribution >= 0.6 is 15.9 Å². The van der Waals surface area contributed by atoms with Gasteiger partial charge in [-0.2, -0.15) is 4.98 Å². The van der Waals surface area contributed by atoms with E-state index >= 15 is 0 Å². The second kappa shape index (κ2) is 8.51. The van der Waals surface area contributed by atoms with E-state index in [-0.39, 0.29) is 11.3 Å². The molecule has 0 saturated heterocycles. The standard InChI is InChI=1S/C25H19BrN2O2/c1-17-24(18-8-4-2-5-9-18)25(30)27-23(28(17)21-10-6-3-7-11-21)15-12-19-16-20(26)13-14-22(19)29/h2-16,29H,1H3/b15-12+. The Morgan fingerprint density at radius 3 is 2.30 bits per heavy atom. The van der Waals surface area contributed by atoms with Crippen LogP contribution in [0.5, 0.6) is 5.75 Å². The number of hydrogen-bond donors (Lipinski definition) is 1. The number of para-hydroxylation sites is 1. The van der Waals surface area contributed by atoms with E-state index in [0.29, 0.717) is 17.0 Å². The molecule has 0 atom stereocenters. The molecule has 0 bridgehead atoms. The first kappa shape index (κ1) is 19.9. The van der Waals surface area contributed by atoms with E-state index in [0.717, 1.165) is 21.4 Å². The van der Waals surface area contributed by atoms with Gasteiger partial charge in [-0.25, -0.2) is 0 Å². The van der Waals surface area contributed by atoms with Gasteiger partial charge in [0.15, 0.2) is 0 Å². The van der Waals surface area contributed by atoms with E-state index in [9.17, 15) is 9.90 Å². The van der Waals surface area contributed by atoms with Crippen LogP contribution in [0.2, 0.25) is 0 Å². The number of aromatic nitrogens is 2. The molecule has 0 spiro atoms. The lowest BCUT2D eigenvalue weighted by Gasteiger charge is -2.17. The average Bonchev–Trinajstić information content (AvgIpc) is 2.75. The normalized spacial score (nSPS) is 11.1.